The Hall–Kier alpha value is 0. The molecule has 1 rings (SSSR count). The van der Waals surface area contributed by atoms with Crippen LogP contribution in [0.15, 0.2) is 0 Å². The predicted octanol–water partition coefficient (Wildman–Crippen LogP) is 3.44. The van der Waals surface area contributed by atoms with Gasteiger partial charge in [0.25, 0.3) is 0 Å². The molecule has 0 N–H and O–H groups in total. The lowest BCUT2D eigenvalue weighted by Gasteiger charge is -2.27. The second kappa shape index (κ2) is 8.23. The lowest BCUT2D eigenvalue weighted by molar-refractivity contribution is -0.174. The fraction of sp³-hybridized carbons (Fsp3) is 1.00. The zero-order valence-corrected chi connectivity index (χ0v) is 11.3. The SMILES string of the molecule is FC(F)(F)COCCCN(CCCl)C1CCCC1. The van der Waals surface area contributed by atoms with Crippen LogP contribution in [0, 0.1) is 0 Å². The largest absolute Gasteiger partial charge is 0.411 e. The fourth-order valence-corrected chi connectivity index (χ4v) is 2.63. The monoisotopic (exact) mass is 287 g/mol. The number of alkyl halides is 4. The van der Waals surface area contributed by atoms with E-state index in [2.05, 4.69) is 9.64 Å². The number of nitrogens with zero attached hydrogens (tertiary/aromatic N) is 1. The minimum atomic E-state index is -4.22. The predicted molar refractivity (Wildman–Crippen MR) is 66.0 cm³/mol. The average molecular weight is 288 g/mol. The topological polar surface area (TPSA) is 12.5 Å². The van der Waals surface area contributed by atoms with Gasteiger partial charge in [0.1, 0.15) is 6.61 Å². The van der Waals surface area contributed by atoms with Crippen LogP contribution in [-0.2, 0) is 4.74 Å². The van der Waals surface area contributed by atoms with Gasteiger partial charge in [-0.1, -0.05) is 12.8 Å². The molecule has 2 nitrogen and oxygen atoms in total. The summed E-state index contributed by atoms with van der Waals surface area (Å²) in [6.45, 7) is 0.595. The van der Waals surface area contributed by atoms with E-state index in [0.717, 1.165) is 13.1 Å². The summed E-state index contributed by atoms with van der Waals surface area (Å²) >= 11 is 5.75. The van der Waals surface area contributed by atoms with Gasteiger partial charge in [0, 0.05) is 31.6 Å². The number of halogens is 4. The Bertz CT molecular complexity index is 220. The van der Waals surface area contributed by atoms with Gasteiger partial charge in [-0.15, -0.1) is 11.6 Å². The maximum atomic E-state index is 11.9. The number of hydrogen-bond donors (Lipinski definition) is 0. The lowest BCUT2D eigenvalue weighted by Crippen LogP contribution is -2.36. The Balaban J connectivity index is 2.13. The summed E-state index contributed by atoms with van der Waals surface area (Å²) in [6.07, 6.45) is 1.26. The fourth-order valence-electron chi connectivity index (χ4n) is 2.41. The zero-order chi connectivity index (χ0) is 13.4. The van der Waals surface area contributed by atoms with Crippen molar-refractivity contribution < 1.29 is 17.9 Å². The Kier molecular flexibility index (Phi) is 7.34. The van der Waals surface area contributed by atoms with Crippen molar-refractivity contribution in [1.29, 1.82) is 0 Å². The van der Waals surface area contributed by atoms with E-state index in [0.29, 0.717) is 18.3 Å². The van der Waals surface area contributed by atoms with Crippen LogP contribution >= 0.6 is 11.6 Å². The third kappa shape index (κ3) is 6.81. The first-order valence-corrected chi connectivity index (χ1v) is 7.01. The van der Waals surface area contributed by atoms with E-state index in [1.165, 1.54) is 25.7 Å². The molecular weight excluding hydrogens is 267 g/mol. The van der Waals surface area contributed by atoms with E-state index < -0.39 is 12.8 Å². The van der Waals surface area contributed by atoms with Crippen molar-refractivity contribution >= 4 is 11.6 Å². The molecule has 0 aromatic heterocycles. The Morgan fingerprint density at radius 3 is 2.39 bits per heavy atom. The van der Waals surface area contributed by atoms with Gasteiger partial charge in [0.15, 0.2) is 0 Å². The van der Waals surface area contributed by atoms with Gasteiger partial charge < -0.3 is 4.74 Å². The van der Waals surface area contributed by atoms with Gasteiger partial charge in [-0.2, -0.15) is 13.2 Å². The molecule has 108 valence electrons. The van der Waals surface area contributed by atoms with Crippen LogP contribution in [0.1, 0.15) is 32.1 Å². The molecule has 6 heteroatoms. The van der Waals surface area contributed by atoms with Gasteiger partial charge in [0.2, 0.25) is 0 Å². The van der Waals surface area contributed by atoms with Crippen LogP contribution in [0.25, 0.3) is 0 Å². The number of ether oxygens (including phenoxy) is 1. The molecule has 0 aromatic carbocycles. The summed E-state index contributed by atoms with van der Waals surface area (Å²) in [4.78, 5) is 2.29. The number of hydrogen-bond acceptors (Lipinski definition) is 2. The van der Waals surface area contributed by atoms with Crippen LogP contribution in [0.5, 0.6) is 0 Å². The van der Waals surface area contributed by atoms with Crippen molar-refractivity contribution in [2.24, 2.45) is 0 Å². The van der Waals surface area contributed by atoms with E-state index in [1.54, 1.807) is 0 Å². The molecule has 0 aliphatic heterocycles. The highest BCUT2D eigenvalue weighted by molar-refractivity contribution is 6.18. The van der Waals surface area contributed by atoms with Crippen molar-refractivity contribution in [3.63, 3.8) is 0 Å². The molecule has 0 unspecified atom stereocenters. The minimum Gasteiger partial charge on any atom is -0.372 e. The van der Waals surface area contributed by atoms with Crippen molar-refractivity contribution in [3.05, 3.63) is 0 Å². The van der Waals surface area contributed by atoms with Gasteiger partial charge >= 0.3 is 6.18 Å². The van der Waals surface area contributed by atoms with Gasteiger partial charge in [-0.05, 0) is 19.3 Å². The molecule has 0 aromatic rings. The molecule has 1 saturated carbocycles. The Morgan fingerprint density at radius 1 is 1.17 bits per heavy atom. The summed E-state index contributed by atoms with van der Waals surface area (Å²) in [5.41, 5.74) is 0. The molecule has 0 saturated heterocycles. The van der Waals surface area contributed by atoms with E-state index in [-0.39, 0.29) is 6.61 Å². The molecule has 0 radical (unpaired) electrons. The summed E-state index contributed by atoms with van der Waals surface area (Å²) < 4.78 is 40.2. The summed E-state index contributed by atoms with van der Waals surface area (Å²) in [5, 5.41) is 0. The average Bonchev–Trinajstić information content (AvgIpc) is 2.79. The Labute approximate surface area is 111 Å². The second-order valence-electron chi connectivity index (χ2n) is 4.68. The van der Waals surface area contributed by atoms with Gasteiger partial charge in [-0.25, -0.2) is 0 Å². The van der Waals surface area contributed by atoms with Crippen molar-refractivity contribution in [3.8, 4) is 0 Å². The first kappa shape index (κ1) is 16.1. The normalized spacial score (nSPS) is 17.8. The van der Waals surface area contributed by atoms with E-state index >= 15 is 0 Å². The molecule has 0 amide bonds. The van der Waals surface area contributed by atoms with Crippen LogP contribution in [0.2, 0.25) is 0 Å². The summed E-state index contributed by atoms with van der Waals surface area (Å²) in [5.74, 6) is 0.569. The third-order valence-corrected chi connectivity index (χ3v) is 3.38. The first-order chi connectivity index (χ1) is 8.53. The molecule has 0 atom stereocenters. The van der Waals surface area contributed by atoms with Crippen LogP contribution in [0.3, 0.4) is 0 Å². The molecule has 1 aliphatic carbocycles. The van der Waals surface area contributed by atoms with E-state index in [4.69, 9.17) is 11.6 Å². The molecule has 1 fully saturated rings. The molecule has 18 heavy (non-hydrogen) atoms. The highest BCUT2D eigenvalue weighted by Gasteiger charge is 2.27. The van der Waals surface area contributed by atoms with Crippen molar-refractivity contribution in [2.45, 2.75) is 44.3 Å². The van der Waals surface area contributed by atoms with Crippen molar-refractivity contribution in [1.82, 2.24) is 4.90 Å². The summed E-state index contributed by atoms with van der Waals surface area (Å²) in [6, 6.07) is 0.561. The van der Waals surface area contributed by atoms with Crippen LogP contribution in [0.4, 0.5) is 13.2 Å². The standard InChI is InChI=1S/C12H21ClF3NO/c13-6-8-17(11-4-1-2-5-11)7-3-9-18-10-12(14,15)16/h11H,1-10H2. The highest BCUT2D eigenvalue weighted by Crippen LogP contribution is 2.23. The molecule has 0 heterocycles. The molecular formula is C12H21ClF3NO. The lowest BCUT2D eigenvalue weighted by atomic mass is 10.2. The minimum absolute atomic E-state index is 0.158. The smallest absolute Gasteiger partial charge is 0.372 e. The van der Waals surface area contributed by atoms with Crippen LogP contribution < -0.4 is 0 Å². The van der Waals surface area contributed by atoms with E-state index in [9.17, 15) is 13.2 Å². The molecule has 0 spiro atoms. The van der Waals surface area contributed by atoms with Crippen LogP contribution in [-0.4, -0.2) is 49.3 Å². The number of rotatable bonds is 8. The van der Waals surface area contributed by atoms with Gasteiger partial charge in [-0.3, -0.25) is 4.90 Å². The second-order valence-corrected chi connectivity index (χ2v) is 5.06. The van der Waals surface area contributed by atoms with E-state index in [1.807, 2.05) is 0 Å². The highest BCUT2D eigenvalue weighted by atomic mass is 35.5. The third-order valence-electron chi connectivity index (χ3n) is 3.21. The molecule has 1 aliphatic rings. The quantitative estimate of drug-likeness (QED) is 0.501. The van der Waals surface area contributed by atoms with Gasteiger partial charge in [0.05, 0.1) is 0 Å². The first-order valence-electron chi connectivity index (χ1n) is 6.47. The van der Waals surface area contributed by atoms with Crippen molar-refractivity contribution in [2.75, 3.05) is 32.2 Å². The Morgan fingerprint density at radius 2 is 1.83 bits per heavy atom. The summed E-state index contributed by atoms with van der Waals surface area (Å²) in [7, 11) is 0. The zero-order valence-electron chi connectivity index (χ0n) is 10.5. The molecule has 0 bridgehead atoms. The maximum Gasteiger partial charge on any atom is 0.411 e. The maximum absolute atomic E-state index is 11.9.